The van der Waals surface area contributed by atoms with Crippen LogP contribution in [-0.2, 0) is 4.79 Å². The van der Waals surface area contributed by atoms with Gasteiger partial charge in [0.25, 0.3) is 0 Å². The van der Waals surface area contributed by atoms with E-state index in [1.165, 1.54) is 6.92 Å². The predicted octanol–water partition coefficient (Wildman–Crippen LogP) is 3.00. The lowest BCUT2D eigenvalue weighted by Gasteiger charge is -2.16. The third-order valence-corrected chi connectivity index (χ3v) is 2.77. The largest absolute Gasteiger partial charge is 0.284 e. The van der Waals surface area contributed by atoms with E-state index in [9.17, 15) is 13.6 Å². The highest BCUT2D eigenvalue weighted by molar-refractivity contribution is 6.00. The highest BCUT2D eigenvalue weighted by atomic mass is 19.1. The number of alkyl halides is 2. The maximum absolute atomic E-state index is 12.5. The summed E-state index contributed by atoms with van der Waals surface area (Å²) in [6.07, 6.45) is 6.04. The number of Topliss-reactive ketones (excluding diaryl/α,β-unsaturated/α-hetero) is 1. The molecule has 0 bridgehead atoms. The van der Waals surface area contributed by atoms with Gasteiger partial charge in [0.2, 0.25) is 5.78 Å². The molecule has 0 saturated carbocycles. The summed E-state index contributed by atoms with van der Waals surface area (Å²) in [6, 6.07) is 0. The monoisotopic (exact) mass is 226 g/mol. The van der Waals surface area contributed by atoms with Crippen LogP contribution in [-0.4, -0.2) is 19.1 Å². The van der Waals surface area contributed by atoms with Crippen LogP contribution in [0.4, 0.5) is 8.78 Å². The van der Waals surface area contributed by atoms with Crippen molar-refractivity contribution in [3.63, 3.8) is 0 Å². The average Bonchev–Trinajstić information content (AvgIpc) is 2.36. The van der Waals surface area contributed by atoms with Crippen LogP contribution < -0.4 is 0 Å². The molecule has 0 atom stereocenters. The second-order valence-corrected chi connectivity index (χ2v) is 4.38. The molecular formula is C13H16F2O. The molecule has 1 nitrogen and oxygen atoms in total. The molecule has 1 rings (SSSR count). The molecule has 0 heterocycles. The van der Waals surface area contributed by atoms with Gasteiger partial charge in [-0.1, -0.05) is 12.0 Å². The molecule has 0 aromatic carbocycles. The fourth-order valence-electron chi connectivity index (χ4n) is 1.40. The number of ketones is 1. The van der Waals surface area contributed by atoms with Gasteiger partial charge < -0.3 is 0 Å². The molecule has 3 heteroatoms. The Hall–Kier alpha value is -1.17. The molecule has 0 aromatic heterocycles. The van der Waals surface area contributed by atoms with Crippen LogP contribution in [0.3, 0.4) is 0 Å². The van der Waals surface area contributed by atoms with E-state index in [0.29, 0.717) is 0 Å². The van der Waals surface area contributed by atoms with Gasteiger partial charge >= 0.3 is 0 Å². The minimum absolute atomic E-state index is 0.649. The number of halogens is 2. The minimum atomic E-state index is -1.58. The number of hydrogen-bond donors (Lipinski definition) is 0. The van der Waals surface area contributed by atoms with Crippen molar-refractivity contribution in [2.75, 3.05) is 13.3 Å². The smallest absolute Gasteiger partial charge is 0.216 e. The van der Waals surface area contributed by atoms with Crippen molar-refractivity contribution >= 4 is 5.78 Å². The standard InChI is InChI=1S/C13H16F2O/c1-13(9-14,10-15)12(16)8-7-11-5-3-2-4-6-11/h5H,2-4,6,9-10H2,1H3. The van der Waals surface area contributed by atoms with Crippen LogP contribution in [0.15, 0.2) is 11.6 Å². The Morgan fingerprint density at radius 3 is 2.62 bits per heavy atom. The number of carbonyl (C=O) groups is 1. The van der Waals surface area contributed by atoms with Gasteiger partial charge in [-0.25, -0.2) is 8.78 Å². The maximum atomic E-state index is 12.5. The summed E-state index contributed by atoms with van der Waals surface area (Å²) in [5, 5.41) is 0. The molecule has 88 valence electrons. The lowest BCUT2D eigenvalue weighted by molar-refractivity contribution is -0.123. The van der Waals surface area contributed by atoms with Crippen molar-refractivity contribution in [3.05, 3.63) is 11.6 Å². The highest BCUT2D eigenvalue weighted by Crippen LogP contribution is 2.20. The van der Waals surface area contributed by atoms with E-state index >= 15 is 0 Å². The molecule has 0 aromatic rings. The van der Waals surface area contributed by atoms with Crippen molar-refractivity contribution in [1.29, 1.82) is 0 Å². The van der Waals surface area contributed by atoms with Gasteiger partial charge in [-0.15, -0.1) is 0 Å². The Balaban J connectivity index is 2.70. The van der Waals surface area contributed by atoms with Crippen molar-refractivity contribution in [3.8, 4) is 11.8 Å². The average molecular weight is 226 g/mol. The van der Waals surface area contributed by atoms with Crippen LogP contribution >= 0.6 is 0 Å². The van der Waals surface area contributed by atoms with Gasteiger partial charge in [-0.3, -0.25) is 4.79 Å². The van der Waals surface area contributed by atoms with Crippen molar-refractivity contribution in [1.82, 2.24) is 0 Å². The van der Waals surface area contributed by atoms with Gasteiger partial charge in [0, 0.05) is 0 Å². The predicted molar refractivity (Wildman–Crippen MR) is 59.4 cm³/mol. The zero-order valence-electron chi connectivity index (χ0n) is 9.48. The molecule has 16 heavy (non-hydrogen) atoms. The first-order chi connectivity index (χ1) is 7.62. The lowest BCUT2D eigenvalue weighted by Crippen LogP contribution is -2.31. The second-order valence-electron chi connectivity index (χ2n) is 4.38. The molecule has 0 fully saturated rings. The van der Waals surface area contributed by atoms with Crippen LogP contribution in [0.1, 0.15) is 32.6 Å². The van der Waals surface area contributed by atoms with E-state index in [2.05, 4.69) is 11.8 Å². The van der Waals surface area contributed by atoms with Gasteiger partial charge in [0.1, 0.15) is 13.3 Å². The maximum Gasteiger partial charge on any atom is 0.216 e. The third kappa shape index (κ3) is 3.16. The molecule has 0 unspecified atom stereocenters. The lowest BCUT2D eigenvalue weighted by atomic mass is 9.88. The van der Waals surface area contributed by atoms with Crippen molar-refractivity contribution in [2.45, 2.75) is 32.6 Å². The first-order valence-electron chi connectivity index (χ1n) is 5.50. The van der Waals surface area contributed by atoms with Crippen molar-refractivity contribution < 1.29 is 13.6 Å². The Bertz CT molecular complexity index is 343. The Kier molecular flexibility index (Phi) is 4.67. The fraction of sp³-hybridized carbons (Fsp3) is 0.615. The second kappa shape index (κ2) is 5.79. The van der Waals surface area contributed by atoms with E-state index in [-0.39, 0.29) is 0 Å². The molecule has 0 saturated heterocycles. The van der Waals surface area contributed by atoms with E-state index in [1.54, 1.807) is 0 Å². The number of carbonyl (C=O) groups excluding carboxylic acids is 1. The van der Waals surface area contributed by atoms with E-state index < -0.39 is 24.5 Å². The van der Waals surface area contributed by atoms with E-state index in [4.69, 9.17) is 0 Å². The van der Waals surface area contributed by atoms with Crippen LogP contribution in [0.2, 0.25) is 0 Å². The van der Waals surface area contributed by atoms with E-state index in [1.807, 2.05) is 6.08 Å². The Morgan fingerprint density at radius 1 is 1.44 bits per heavy atom. The summed E-state index contributed by atoms with van der Waals surface area (Å²) in [6.45, 7) is -0.745. The minimum Gasteiger partial charge on any atom is -0.284 e. The summed E-state index contributed by atoms with van der Waals surface area (Å²) < 4.78 is 25.0. The summed E-state index contributed by atoms with van der Waals surface area (Å²) in [4.78, 5) is 11.5. The normalized spacial score (nSPS) is 16.1. The van der Waals surface area contributed by atoms with Gasteiger partial charge in [-0.2, -0.15) is 0 Å². The number of allylic oxidation sites excluding steroid dienone is 2. The Labute approximate surface area is 94.9 Å². The fourth-order valence-corrected chi connectivity index (χ4v) is 1.40. The van der Waals surface area contributed by atoms with Gasteiger partial charge in [0.15, 0.2) is 0 Å². The quantitative estimate of drug-likeness (QED) is 0.534. The topological polar surface area (TPSA) is 17.1 Å². The molecular weight excluding hydrogens is 210 g/mol. The molecule has 1 aliphatic carbocycles. The Morgan fingerprint density at radius 2 is 2.12 bits per heavy atom. The highest BCUT2D eigenvalue weighted by Gasteiger charge is 2.32. The molecule has 0 amide bonds. The van der Waals surface area contributed by atoms with Gasteiger partial charge in [0.05, 0.1) is 5.41 Å². The molecule has 0 aliphatic heterocycles. The van der Waals surface area contributed by atoms with Crippen molar-refractivity contribution in [2.24, 2.45) is 5.41 Å². The molecule has 0 N–H and O–H groups in total. The molecule has 0 spiro atoms. The summed E-state index contributed by atoms with van der Waals surface area (Å²) in [5.41, 5.74) is -0.665. The zero-order chi connectivity index (χ0) is 12.0. The summed E-state index contributed by atoms with van der Waals surface area (Å²) in [5.74, 6) is 4.43. The molecule has 1 aliphatic rings. The van der Waals surface area contributed by atoms with Gasteiger partial charge in [-0.05, 0) is 44.1 Å². The number of rotatable bonds is 3. The van der Waals surface area contributed by atoms with Crippen LogP contribution in [0.25, 0.3) is 0 Å². The van der Waals surface area contributed by atoms with Crippen LogP contribution in [0.5, 0.6) is 0 Å². The molecule has 0 radical (unpaired) electrons. The first-order valence-corrected chi connectivity index (χ1v) is 5.50. The summed E-state index contributed by atoms with van der Waals surface area (Å²) >= 11 is 0. The zero-order valence-corrected chi connectivity index (χ0v) is 9.48. The van der Waals surface area contributed by atoms with Crippen LogP contribution in [0, 0.1) is 17.3 Å². The SMILES string of the molecule is CC(CF)(CF)C(=O)C#CC1=CCCCC1. The summed E-state index contributed by atoms with van der Waals surface area (Å²) in [7, 11) is 0. The number of hydrogen-bond acceptors (Lipinski definition) is 1. The third-order valence-electron chi connectivity index (χ3n) is 2.77. The first kappa shape index (κ1) is 12.9. The van der Waals surface area contributed by atoms with E-state index in [0.717, 1.165) is 31.3 Å².